The van der Waals surface area contributed by atoms with Crippen molar-refractivity contribution >= 4 is 5.97 Å². The second-order valence-corrected chi connectivity index (χ2v) is 6.44. The van der Waals surface area contributed by atoms with Crippen LogP contribution in [-0.2, 0) is 15.9 Å². The van der Waals surface area contributed by atoms with Gasteiger partial charge in [0.05, 0.1) is 18.3 Å². The predicted molar refractivity (Wildman–Crippen MR) is 118 cm³/mol. The summed E-state index contributed by atoms with van der Waals surface area (Å²) in [5.74, 6) is -14.3. The van der Waals surface area contributed by atoms with Gasteiger partial charge >= 0.3 is 5.97 Å². The van der Waals surface area contributed by atoms with Crippen molar-refractivity contribution in [2.75, 3.05) is 27.3 Å². The molecule has 3 rings (SSSR count). The number of carbonyl (C=O) groups is 1. The van der Waals surface area contributed by atoms with E-state index in [1.54, 1.807) is 0 Å². The number of rotatable bonds is 7. The first kappa shape index (κ1) is 7.38. The van der Waals surface area contributed by atoms with E-state index in [2.05, 4.69) is 0 Å². The molecule has 0 amide bonds. The van der Waals surface area contributed by atoms with Crippen LogP contribution in [-0.4, -0.2) is 50.2 Å². The fraction of sp³-hybridized carbons (Fsp3) is 0.708. The molecule has 6 heteroatoms. The number of aryl methyl sites for hydroxylation is 1. The van der Waals surface area contributed by atoms with Crippen LogP contribution >= 0.6 is 0 Å². The number of benzene rings is 1. The molecule has 1 aromatic carbocycles. The van der Waals surface area contributed by atoms with E-state index in [1.165, 1.54) is 0 Å². The lowest BCUT2D eigenvalue weighted by molar-refractivity contribution is -0.160. The standard InChI is InChI=1S/C24H38N2O4/c1-14(2)9-17-13-26-8-7-16-10-21(28-5)22(29-6)11-18(16)19(26)12-20(17)30-24(27)23(25)15(3)4/h10-11,14-15,17,19-20,23H,7-9,12-13,25H2,1-6H3/t17?,19?,20?,23-/m0/s1/i1D3,2D3,3D3,4D3,7D2,8D2,9D2,14D,15D,19D,20D,23D. The quantitative estimate of drug-likeness (QED) is 0.652. The number of methoxy groups -OCH3 is 2. The third-order valence-electron chi connectivity index (χ3n) is 4.61. The highest BCUT2D eigenvalue weighted by molar-refractivity contribution is 5.76. The Morgan fingerprint density at radius 2 is 2.10 bits per heavy atom. The van der Waals surface area contributed by atoms with Crippen molar-refractivity contribution in [3.8, 4) is 11.5 Å². The van der Waals surface area contributed by atoms with Crippen LogP contribution in [0.4, 0.5) is 0 Å². The van der Waals surface area contributed by atoms with Gasteiger partial charge in [0, 0.05) is 58.8 Å². The van der Waals surface area contributed by atoms with Crippen LogP contribution in [0.25, 0.3) is 0 Å². The van der Waals surface area contributed by atoms with Crippen LogP contribution < -0.4 is 15.2 Å². The summed E-state index contributed by atoms with van der Waals surface area (Å²) in [4.78, 5) is 14.1. The maximum absolute atomic E-state index is 13.8. The first-order chi connectivity index (χ1) is 23.2. The van der Waals surface area contributed by atoms with Gasteiger partial charge in [-0.3, -0.25) is 9.69 Å². The minimum Gasteiger partial charge on any atom is -0.493 e. The lowest BCUT2D eigenvalue weighted by Crippen LogP contribution is -2.51. The molecular weight excluding hydrogens is 380 g/mol. The Morgan fingerprint density at radius 3 is 2.77 bits per heavy atom. The highest BCUT2D eigenvalue weighted by Gasteiger charge is 2.41. The summed E-state index contributed by atoms with van der Waals surface area (Å²) in [6.45, 7) is -21.4. The van der Waals surface area contributed by atoms with Crippen molar-refractivity contribution in [1.29, 1.82) is 0 Å². The molecule has 0 aromatic heterocycles. The van der Waals surface area contributed by atoms with E-state index in [9.17, 15) is 7.54 Å². The van der Waals surface area contributed by atoms with E-state index in [0.29, 0.717) is 4.90 Å². The summed E-state index contributed by atoms with van der Waals surface area (Å²) in [7, 11) is 2.28. The molecule has 0 aliphatic carbocycles. The lowest BCUT2D eigenvalue weighted by Gasteiger charge is -2.47. The largest absolute Gasteiger partial charge is 0.493 e. The molecule has 1 fully saturated rings. The van der Waals surface area contributed by atoms with Gasteiger partial charge in [0.1, 0.15) is 12.1 Å². The van der Waals surface area contributed by atoms with E-state index in [1.807, 2.05) is 0 Å². The van der Waals surface area contributed by atoms with E-state index >= 15 is 0 Å². The summed E-state index contributed by atoms with van der Waals surface area (Å²) >= 11 is 0. The number of esters is 1. The van der Waals surface area contributed by atoms with Gasteiger partial charge in [0.2, 0.25) is 0 Å². The Bertz CT molecular complexity index is 1570. The van der Waals surface area contributed by atoms with Crippen LogP contribution in [0.3, 0.4) is 0 Å². The maximum Gasteiger partial charge on any atom is 0.323 e. The number of hydrogen-bond acceptors (Lipinski definition) is 6. The van der Waals surface area contributed by atoms with Gasteiger partial charge in [-0.2, -0.15) is 0 Å². The van der Waals surface area contributed by atoms with Crippen molar-refractivity contribution in [3.63, 3.8) is 0 Å². The monoisotopic (exact) mass is 441 g/mol. The molecule has 1 saturated heterocycles. The van der Waals surface area contributed by atoms with Gasteiger partial charge in [-0.1, -0.05) is 27.4 Å². The van der Waals surface area contributed by atoms with E-state index in [4.69, 9.17) is 48.7 Å². The summed E-state index contributed by atoms with van der Waals surface area (Å²) in [5, 5.41) is 0. The predicted octanol–water partition coefficient (Wildman–Crippen LogP) is 3.56. The van der Waals surface area contributed by atoms with Crippen LogP contribution in [0.5, 0.6) is 11.5 Å². The molecule has 2 heterocycles. The second-order valence-electron chi connectivity index (χ2n) is 6.44. The molecule has 0 radical (unpaired) electrons. The molecule has 3 unspecified atom stereocenters. The summed E-state index contributed by atoms with van der Waals surface area (Å²) in [6.07, 6.45) is -12.6. The zero-order chi connectivity index (χ0) is 42.0. The third kappa shape index (κ3) is 4.75. The number of fused-ring (bicyclic) bond motifs is 3. The SMILES string of the molecule is [2H]C1(OC(=O)[C@@]([2H])(N)C([2H])(C([2H])([2H])[2H])C([2H])([2H])[2H])CC2([2H])c3cc(OC)c(OC)cc3C([2H])([2H])C([2H])([2H])N2CC1C([2H])([2H])C([2H])(C([2H])([2H])[2H])C([2H])([2H])[2H]. The number of nitrogens with two attached hydrogens (primary N) is 1. The molecule has 0 spiro atoms. The normalized spacial score (nSPS) is 48.4. The zero-order valence-corrected chi connectivity index (χ0v) is 16.3. The summed E-state index contributed by atoms with van der Waals surface area (Å²) in [5.41, 5.74) is 4.51. The van der Waals surface area contributed by atoms with E-state index < -0.39 is 113 Å². The topological polar surface area (TPSA) is 74.0 Å². The van der Waals surface area contributed by atoms with Crippen molar-refractivity contribution in [2.24, 2.45) is 23.4 Å². The average Bonchev–Trinajstić information content (AvgIpc) is 2.95. The summed E-state index contributed by atoms with van der Waals surface area (Å²) < 4.78 is 207. The third-order valence-corrected chi connectivity index (χ3v) is 4.61. The second kappa shape index (κ2) is 9.56. The van der Waals surface area contributed by atoms with Crippen LogP contribution in [0.1, 0.15) is 88.9 Å². The molecule has 6 nitrogen and oxygen atoms in total. The number of hydrogen-bond donors (Lipinski definition) is 1. The smallest absolute Gasteiger partial charge is 0.323 e. The Hall–Kier alpha value is -1.79. The van der Waals surface area contributed by atoms with Gasteiger partial charge in [-0.15, -0.1) is 0 Å². The highest BCUT2D eigenvalue weighted by atomic mass is 16.5. The molecule has 168 valence electrons. The minimum atomic E-state index is -4.27. The summed E-state index contributed by atoms with van der Waals surface area (Å²) in [6, 6.07) is -5.18. The molecule has 2 N–H and O–H groups in total. The minimum absolute atomic E-state index is 0.172. The first-order valence-electron chi connectivity index (χ1n) is 20.2. The van der Waals surface area contributed by atoms with E-state index in [0.717, 1.165) is 26.4 Å². The molecule has 2 aliphatic rings. The van der Waals surface area contributed by atoms with Crippen LogP contribution in [0.15, 0.2) is 12.1 Å². The van der Waals surface area contributed by atoms with Crippen molar-refractivity contribution in [1.82, 2.24) is 4.90 Å². The molecule has 2 aliphatic heterocycles. The van der Waals surface area contributed by atoms with E-state index in [-0.39, 0.29) is 11.5 Å². The fourth-order valence-corrected chi connectivity index (χ4v) is 3.16. The first-order valence-corrected chi connectivity index (χ1v) is 8.74. The Kier molecular flexibility index (Phi) is 2.35. The van der Waals surface area contributed by atoms with Crippen LogP contribution in [0.2, 0.25) is 0 Å². The molecule has 1 aromatic rings. The van der Waals surface area contributed by atoms with Crippen molar-refractivity contribution in [3.05, 3.63) is 23.3 Å². The van der Waals surface area contributed by atoms with Crippen molar-refractivity contribution < 1.29 is 50.5 Å². The Morgan fingerprint density at radius 1 is 1.37 bits per heavy atom. The number of carbonyl (C=O) groups excluding carboxylic acids is 1. The van der Waals surface area contributed by atoms with Gasteiger partial charge in [-0.25, -0.2) is 0 Å². The zero-order valence-electron chi connectivity index (χ0n) is 39.3. The molecule has 0 saturated carbocycles. The highest BCUT2D eigenvalue weighted by Crippen LogP contribution is 2.44. The molecular formula is C24H38N2O4. The number of ether oxygens (including phenoxy) is 3. The fourth-order valence-electron chi connectivity index (χ4n) is 3.16. The van der Waals surface area contributed by atoms with Gasteiger partial charge in [0.25, 0.3) is 0 Å². The molecule has 4 atom stereocenters. The lowest BCUT2D eigenvalue weighted by atomic mass is 9.79. The van der Waals surface area contributed by atoms with Crippen LogP contribution in [0, 0.1) is 17.7 Å². The number of piperidine rings is 1. The Balaban J connectivity index is 2.51. The van der Waals surface area contributed by atoms with Gasteiger partial charge in [0.15, 0.2) is 11.5 Å². The molecule has 30 heavy (non-hydrogen) atoms. The maximum atomic E-state index is 13.8. The average molecular weight is 442 g/mol. The van der Waals surface area contributed by atoms with Crippen molar-refractivity contribution in [2.45, 2.75) is 64.7 Å². The number of nitrogens with zero attached hydrogens (tertiary/aromatic N) is 1. The van der Waals surface area contributed by atoms with Gasteiger partial charge < -0.3 is 19.9 Å². The van der Waals surface area contributed by atoms with Gasteiger partial charge in [-0.05, 0) is 47.8 Å². The molecule has 0 bridgehead atoms. The Labute approximate surface area is 213 Å².